The van der Waals surface area contributed by atoms with Crippen molar-refractivity contribution >= 4 is 39.9 Å². The molecule has 3 aromatic heterocycles. The molecule has 0 bridgehead atoms. The van der Waals surface area contributed by atoms with Crippen molar-refractivity contribution < 1.29 is 14.2 Å². The van der Waals surface area contributed by atoms with Crippen LogP contribution in [-0.4, -0.2) is 78.3 Å². The molecule has 0 atom stereocenters. The molecule has 4 aromatic rings. The Hall–Kier alpha value is -3.18. The fourth-order valence-electron chi connectivity index (χ4n) is 4.51. The van der Waals surface area contributed by atoms with Crippen molar-refractivity contribution in [3.05, 3.63) is 40.8 Å². The molecule has 0 radical (unpaired) electrons. The molecule has 1 aromatic carbocycles. The standard InChI is InChI=1S/C25H25Cl2N7O3/c1-35-18-8-19(36-2)22(27)20(21(18)26)17-7-14-9-29-24(15-10-30-34(13-15)16-11-28-12-16)32-23(14)25(31-17)33-3-5-37-6-4-33/h7-10,13,16,28H,3-6,11-12H2,1-2H3. The molecule has 0 aliphatic carbocycles. The van der Waals surface area contributed by atoms with Gasteiger partial charge < -0.3 is 24.4 Å². The number of anilines is 1. The molecule has 10 nitrogen and oxygen atoms in total. The molecule has 2 saturated heterocycles. The fraction of sp³-hybridized carbons (Fsp3) is 0.360. The van der Waals surface area contributed by atoms with E-state index >= 15 is 0 Å². The van der Waals surface area contributed by atoms with Crippen LogP contribution in [0, 0.1) is 0 Å². The predicted molar refractivity (Wildman–Crippen MR) is 142 cm³/mol. The SMILES string of the molecule is COc1cc(OC)c(Cl)c(-c2cc3cnc(-c4cnn(C5CNC5)c4)nc3c(N3CCOCC3)n2)c1Cl. The van der Waals surface area contributed by atoms with Crippen molar-refractivity contribution in [3.8, 4) is 34.1 Å². The van der Waals surface area contributed by atoms with Crippen molar-refractivity contribution in [1.29, 1.82) is 0 Å². The maximum atomic E-state index is 6.73. The van der Waals surface area contributed by atoms with Crippen LogP contribution in [0.1, 0.15) is 6.04 Å². The normalized spacial score (nSPS) is 16.2. The number of methoxy groups -OCH3 is 2. The molecule has 2 aliphatic rings. The average Bonchev–Trinajstić information content (AvgIpc) is 3.37. The van der Waals surface area contributed by atoms with E-state index in [1.807, 2.05) is 16.9 Å². The Morgan fingerprint density at radius 2 is 1.73 bits per heavy atom. The van der Waals surface area contributed by atoms with Gasteiger partial charge in [-0.1, -0.05) is 23.2 Å². The van der Waals surface area contributed by atoms with E-state index in [9.17, 15) is 0 Å². The first-order valence-electron chi connectivity index (χ1n) is 11.9. The van der Waals surface area contributed by atoms with Gasteiger partial charge >= 0.3 is 0 Å². The van der Waals surface area contributed by atoms with Gasteiger partial charge in [-0.05, 0) is 6.07 Å². The molecule has 0 saturated carbocycles. The lowest BCUT2D eigenvalue weighted by Crippen LogP contribution is -2.43. The number of hydrogen-bond acceptors (Lipinski definition) is 9. The van der Waals surface area contributed by atoms with Crippen LogP contribution in [-0.2, 0) is 4.74 Å². The molecule has 0 unspecified atom stereocenters. The van der Waals surface area contributed by atoms with Gasteiger partial charge in [-0.3, -0.25) is 4.68 Å². The van der Waals surface area contributed by atoms with Crippen LogP contribution in [0.2, 0.25) is 10.0 Å². The molecular weight excluding hydrogens is 517 g/mol. The molecule has 2 aliphatic heterocycles. The number of pyridine rings is 1. The lowest BCUT2D eigenvalue weighted by molar-refractivity contribution is 0.122. The van der Waals surface area contributed by atoms with Crippen LogP contribution in [0.25, 0.3) is 33.5 Å². The number of nitrogens with one attached hydrogen (secondary N) is 1. The molecule has 1 N–H and O–H groups in total. The Labute approximate surface area is 223 Å². The van der Waals surface area contributed by atoms with E-state index in [0.29, 0.717) is 76.8 Å². The monoisotopic (exact) mass is 541 g/mol. The van der Waals surface area contributed by atoms with E-state index in [0.717, 1.165) is 29.6 Å². The van der Waals surface area contributed by atoms with E-state index in [2.05, 4.69) is 20.3 Å². The van der Waals surface area contributed by atoms with Gasteiger partial charge in [0.25, 0.3) is 0 Å². The smallest absolute Gasteiger partial charge is 0.163 e. The second-order valence-corrected chi connectivity index (χ2v) is 9.62. The number of rotatable bonds is 6. The zero-order valence-corrected chi connectivity index (χ0v) is 21.9. The van der Waals surface area contributed by atoms with Gasteiger partial charge in [-0.15, -0.1) is 0 Å². The first-order valence-corrected chi connectivity index (χ1v) is 12.7. The summed E-state index contributed by atoms with van der Waals surface area (Å²) in [6.45, 7) is 4.38. The first-order chi connectivity index (χ1) is 18.1. The Morgan fingerprint density at radius 3 is 2.38 bits per heavy atom. The summed E-state index contributed by atoms with van der Waals surface area (Å²) in [6, 6.07) is 3.91. The minimum Gasteiger partial charge on any atom is -0.495 e. The fourth-order valence-corrected chi connectivity index (χ4v) is 5.20. The van der Waals surface area contributed by atoms with Crippen molar-refractivity contribution in [1.82, 2.24) is 30.0 Å². The highest BCUT2D eigenvalue weighted by Gasteiger charge is 2.25. The molecule has 5 heterocycles. The van der Waals surface area contributed by atoms with Crippen molar-refractivity contribution in [2.24, 2.45) is 0 Å². The van der Waals surface area contributed by atoms with Gasteiger partial charge in [0.05, 0.1) is 61.0 Å². The summed E-state index contributed by atoms with van der Waals surface area (Å²) in [5.41, 5.74) is 2.68. The van der Waals surface area contributed by atoms with E-state index in [-0.39, 0.29) is 0 Å². The number of halogens is 2. The van der Waals surface area contributed by atoms with Gasteiger partial charge in [0, 0.05) is 55.6 Å². The zero-order chi connectivity index (χ0) is 25.5. The molecule has 192 valence electrons. The highest BCUT2D eigenvalue weighted by molar-refractivity contribution is 6.41. The third-order valence-corrected chi connectivity index (χ3v) is 7.43. The summed E-state index contributed by atoms with van der Waals surface area (Å²) in [5, 5.41) is 9.29. The molecule has 2 fully saturated rings. The lowest BCUT2D eigenvalue weighted by atomic mass is 10.1. The van der Waals surface area contributed by atoms with Gasteiger partial charge in [0.15, 0.2) is 11.6 Å². The maximum absolute atomic E-state index is 6.73. The highest BCUT2D eigenvalue weighted by atomic mass is 35.5. The third kappa shape index (κ3) is 4.33. The van der Waals surface area contributed by atoms with Crippen LogP contribution in [0.15, 0.2) is 30.7 Å². The number of ether oxygens (including phenoxy) is 3. The van der Waals surface area contributed by atoms with Gasteiger partial charge in [0.2, 0.25) is 0 Å². The topological polar surface area (TPSA) is 99.5 Å². The van der Waals surface area contributed by atoms with Crippen LogP contribution < -0.4 is 19.7 Å². The van der Waals surface area contributed by atoms with E-state index in [1.54, 1.807) is 32.7 Å². The third-order valence-electron chi connectivity index (χ3n) is 6.68. The molecule has 37 heavy (non-hydrogen) atoms. The second kappa shape index (κ2) is 9.94. The van der Waals surface area contributed by atoms with Crippen LogP contribution in [0.5, 0.6) is 11.5 Å². The summed E-state index contributed by atoms with van der Waals surface area (Å²) in [7, 11) is 3.09. The second-order valence-electron chi connectivity index (χ2n) is 8.87. The van der Waals surface area contributed by atoms with Crippen molar-refractivity contribution in [3.63, 3.8) is 0 Å². The van der Waals surface area contributed by atoms with Crippen molar-refractivity contribution in [2.75, 3.05) is 58.5 Å². The molecule has 0 amide bonds. The number of benzene rings is 1. The number of fused-ring (bicyclic) bond motifs is 1. The quantitative estimate of drug-likeness (QED) is 0.390. The Bertz CT molecular complexity index is 1440. The largest absolute Gasteiger partial charge is 0.495 e. The van der Waals surface area contributed by atoms with E-state index < -0.39 is 0 Å². The minimum atomic E-state index is 0.350. The Morgan fingerprint density at radius 1 is 1.00 bits per heavy atom. The van der Waals surface area contributed by atoms with E-state index in [1.165, 1.54) is 0 Å². The number of hydrogen-bond donors (Lipinski definition) is 1. The highest BCUT2D eigenvalue weighted by Crippen LogP contribution is 2.46. The zero-order valence-electron chi connectivity index (χ0n) is 20.4. The summed E-state index contributed by atoms with van der Waals surface area (Å²) in [5.74, 6) is 2.19. The number of morpholine rings is 1. The number of aromatic nitrogens is 5. The first kappa shape index (κ1) is 24.2. The maximum Gasteiger partial charge on any atom is 0.163 e. The van der Waals surface area contributed by atoms with Crippen LogP contribution in [0.4, 0.5) is 5.82 Å². The minimum absolute atomic E-state index is 0.350. The average molecular weight is 542 g/mol. The Kier molecular flexibility index (Phi) is 6.49. The molecule has 12 heteroatoms. The summed E-state index contributed by atoms with van der Waals surface area (Å²) < 4.78 is 18.5. The Balaban J connectivity index is 1.52. The lowest BCUT2D eigenvalue weighted by Gasteiger charge is -2.29. The van der Waals surface area contributed by atoms with Gasteiger partial charge in [-0.25, -0.2) is 15.0 Å². The van der Waals surface area contributed by atoms with Gasteiger partial charge in [-0.2, -0.15) is 5.10 Å². The summed E-state index contributed by atoms with van der Waals surface area (Å²) in [4.78, 5) is 16.8. The predicted octanol–water partition coefficient (Wildman–Crippen LogP) is 3.86. The van der Waals surface area contributed by atoms with Gasteiger partial charge in [0.1, 0.15) is 17.0 Å². The molecule has 6 rings (SSSR count). The summed E-state index contributed by atoms with van der Waals surface area (Å²) >= 11 is 13.5. The summed E-state index contributed by atoms with van der Waals surface area (Å²) in [6.07, 6.45) is 5.59. The molecular formula is C25H25Cl2N7O3. The van der Waals surface area contributed by atoms with Crippen LogP contribution >= 0.6 is 23.2 Å². The molecule has 0 spiro atoms. The van der Waals surface area contributed by atoms with E-state index in [4.69, 9.17) is 47.4 Å². The van der Waals surface area contributed by atoms with Crippen molar-refractivity contribution in [2.45, 2.75) is 6.04 Å². The number of nitrogens with zero attached hydrogens (tertiary/aromatic N) is 6. The van der Waals surface area contributed by atoms with Crippen LogP contribution in [0.3, 0.4) is 0 Å².